The van der Waals surface area contributed by atoms with E-state index in [9.17, 15) is 14.9 Å². The molecular formula is C17H24N4O4. The molecule has 0 N–H and O–H groups in total. The Morgan fingerprint density at radius 3 is 2.44 bits per heavy atom. The highest BCUT2D eigenvalue weighted by molar-refractivity contribution is 5.96. The van der Waals surface area contributed by atoms with Crippen LogP contribution in [0, 0.1) is 10.1 Å². The number of ether oxygens (including phenoxy) is 1. The Morgan fingerprint density at radius 2 is 1.84 bits per heavy atom. The summed E-state index contributed by atoms with van der Waals surface area (Å²) in [5, 5.41) is 11.6. The first kappa shape index (κ1) is 17.6. The number of hydrogen-bond donors (Lipinski definition) is 0. The zero-order chi connectivity index (χ0) is 17.8. The van der Waals surface area contributed by atoms with Crippen molar-refractivity contribution in [3.63, 3.8) is 0 Å². The van der Waals surface area contributed by atoms with Gasteiger partial charge in [-0.25, -0.2) is 0 Å². The third kappa shape index (κ3) is 3.91. The van der Waals surface area contributed by atoms with Crippen molar-refractivity contribution in [3.05, 3.63) is 33.9 Å². The molecule has 0 atom stereocenters. The predicted octanol–water partition coefficient (Wildman–Crippen LogP) is 1.21. The summed E-state index contributed by atoms with van der Waals surface area (Å²) in [5.74, 6) is -0.172. The summed E-state index contributed by atoms with van der Waals surface area (Å²) in [5.41, 5.74) is 0.966. The van der Waals surface area contributed by atoms with E-state index < -0.39 is 4.92 Å². The van der Waals surface area contributed by atoms with E-state index in [1.807, 2.05) is 4.90 Å². The van der Waals surface area contributed by atoms with E-state index >= 15 is 0 Å². The van der Waals surface area contributed by atoms with Gasteiger partial charge in [-0.1, -0.05) is 6.92 Å². The van der Waals surface area contributed by atoms with E-state index in [2.05, 4.69) is 11.8 Å². The predicted molar refractivity (Wildman–Crippen MR) is 94.1 cm³/mol. The quantitative estimate of drug-likeness (QED) is 0.601. The molecule has 0 bridgehead atoms. The second kappa shape index (κ2) is 7.79. The minimum atomic E-state index is -0.391. The van der Waals surface area contributed by atoms with Gasteiger partial charge in [-0.05, 0) is 18.7 Å². The number of benzene rings is 1. The van der Waals surface area contributed by atoms with Gasteiger partial charge >= 0.3 is 0 Å². The molecule has 0 spiro atoms. The van der Waals surface area contributed by atoms with Crippen LogP contribution < -0.4 is 4.90 Å². The Labute approximate surface area is 147 Å². The number of hydrogen-bond acceptors (Lipinski definition) is 6. The van der Waals surface area contributed by atoms with Crippen LogP contribution in [-0.4, -0.2) is 79.7 Å². The van der Waals surface area contributed by atoms with Gasteiger partial charge in [0.2, 0.25) is 0 Å². The fraction of sp³-hybridized carbons (Fsp3) is 0.588. The van der Waals surface area contributed by atoms with Crippen molar-refractivity contribution in [2.24, 2.45) is 0 Å². The SMILES string of the molecule is CCN1CCN(c2ccc(C(=O)N3CCOCC3)cc2[N+](=O)[O-])CC1. The van der Waals surface area contributed by atoms with Crippen LogP contribution in [0.3, 0.4) is 0 Å². The Kier molecular flexibility index (Phi) is 5.50. The number of nitro groups is 1. The van der Waals surface area contributed by atoms with Gasteiger partial charge in [0.15, 0.2) is 0 Å². The Bertz CT molecular complexity index is 638. The molecule has 0 saturated carbocycles. The molecular weight excluding hydrogens is 324 g/mol. The molecule has 0 unspecified atom stereocenters. The minimum Gasteiger partial charge on any atom is -0.378 e. The molecule has 8 nitrogen and oxygen atoms in total. The van der Waals surface area contributed by atoms with Crippen molar-refractivity contribution in [3.8, 4) is 0 Å². The standard InChI is InChI=1S/C17H24N4O4/c1-2-18-5-7-19(8-6-18)15-4-3-14(13-16(15)21(23)24)17(22)20-9-11-25-12-10-20/h3-4,13H,2,5-12H2,1H3. The zero-order valence-corrected chi connectivity index (χ0v) is 14.5. The van der Waals surface area contributed by atoms with Crippen LogP contribution in [0.4, 0.5) is 11.4 Å². The maximum Gasteiger partial charge on any atom is 0.293 e. The van der Waals surface area contributed by atoms with Crippen LogP contribution in [0.2, 0.25) is 0 Å². The van der Waals surface area contributed by atoms with Gasteiger partial charge in [-0.2, -0.15) is 0 Å². The van der Waals surface area contributed by atoms with Crippen molar-refractivity contribution in [1.82, 2.24) is 9.80 Å². The lowest BCUT2D eigenvalue weighted by atomic mass is 10.1. The summed E-state index contributed by atoms with van der Waals surface area (Å²) in [4.78, 5) is 29.8. The summed E-state index contributed by atoms with van der Waals surface area (Å²) < 4.78 is 5.25. The van der Waals surface area contributed by atoms with Crippen LogP contribution in [0.15, 0.2) is 18.2 Å². The Hall–Kier alpha value is -2.19. The smallest absolute Gasteiger partial charge is 0.293 e. The molecule has 0 aromatic heterocycles. The topological polar surface area (TPSA) is 79.2 Å². The molecule has 2 aliphatic rings. The fourth-order valence-corrected chi connectivity index (χ4v) is 3.32. The number of morpholine rings is 1. The molecule has 2 fully saturated rings. The van der Waals surface area contributed by atoms with Crippen molar-refractivity contribution >= 4 is 17.3 Å². The number of carbonyl (C=O) groups excluding carboxylic acids is 1. The monoisotopic (exact) mass is 348 g/mol. The third-order valence-corrected chi connectivity index (χ3v) is 4.88. The Balaban J connectivity index is 1.81. The zero-order valence-electron chi connectivity index (χ0n) is 14.5. The van der Waals surface area contributed by atoms with Gasteiger partial charge in [0.1, 0.15) is 5.69 Å². The second-order valence-corrected chi connectivity index (χ2v) is 6.29. The lowest BCUT2D eigenvalue weighted by Gasteiger charge is -2.35. The first-order valence-corrected chi connectivity index (χ1v) is 8.73. The van der Waals surface area contributed by atoms with E-state index in [4.69, 9.17) is 4.74 Å². The fourth-order valence-electron chi connectivity index (χ4n) is 3.32. The average molecular weight is 348 g/mol. The van der Waals surface area contributed by atoms with Crippen molar-refractivity contribution in [1.29, 1.82) is 0 Å². The maximum atomic E-state index is 12.6. The maximum absolute atomic E-state index is 12.6. The normalized spacial score (nSPS) is 19.1. The number of nitro benzene ring substituents is 1. The summed E-state index contributed by atoms with van der Waals surface area (Å²) in [7, 11) is 0. The molecule has 0 aliphatic carbocycles. The first-order valence-electron chi connectivity index (χ1n) is 8.73. The van der Waals surface area contributed by atoms with Crippen LogP contribution in [0.1, 0.15) is 17.3 Å². The number of nitrogens with zero attached hydrogens (tertiary/aromatic N) is 4. The lowest BCUT2D eigenvalue weighted by Crippen LogP contribution is -2.46. The minimum absolute atomic E-state index is 0.00376. The molecule has 1 amide bonds. The van der Waals surface area contributed by atoms with Crippen molar-refractivity contribution < 1.29 is 14.5 Å². The molecule has 1 aromatic rings. The molecule has 2 heterocycles. The van der Waals surface area contributed by atoms with E-state index in [1.165, 1.54) is 6.07 Å². The van der Waals surface area contributed by atoms with Crippen LogP contribution in [-0.2, 0) is 4.74 Å². The lowest BCUT2D eigenvalue weighted by molar-refractivity contribution is -0.384. The van der Waals surface area contributed by atoms with Crippen LogP contribution in [0.5, 0.6) is 0 Å². The van der Waals surface area contributed by atoms with E-state index in [-0.39, 0.29) is 11.6 Å². The Morgan fingerprint density at radius 1 is 1.16 bits per heavy atom. The number of amides is 1. The number of piperazine rings is 1. The highest BCUT2D eigenvalue weighted by Gasteiger charge is 2.26. The molecule has 2 saturated heterocycles. The second-order valence-electron chi connectivity index (χ2n) is 6.29. The molecule has 25 heavy (non-hydrogen) atoms. The molecule has 0 radical (unpaired) electrons. The molecule has 1 aromatic carbocycles. The van der Waals surface area contributed by atoms with E-state index in [1.54, 1.807) is 17.0 Å². The van der Waals surface area contributed by atoms with Crippen molar-refractivity contribution in [2.75, 3.05) is 63.9 Å². The van der Waals surface area contributed by atoms with Gasteiger partial charge in [-0.15, -0.1) is 0 Å². The molecule has 136 valence electrons. The van der Waals surface area contributed by atoms with Crippen molar-refractivity contribution in [2.45, 2.75) is 6.92 Å². The van der Waals surface area contributed by atoms with Crippen LogP contribution in [0.25, 0.3) is 0 Å². The van der Waals surface area contributed by atoms with Gasteiger partial charge in [0.05, 0.1) is 18.1 Å². The summed E-state index contributed by atoms with van der Waals surface area (Å²) in [6, 6.07) is 4.83. The largest absolute Gasteiger partial charge is 0.378 e. The summed E-state index contributed by atoms with van der Waals surface area (Å²) in [6.07, 6.45) is 0. The summed E-state index contributed by atoms with van der Waals surface area (Å²) in [6.45, 7) is 8.45. The molecule has 3 rings (SSSR count). The average Bonchev–Trinajstić information content (AvgIpc) is 2.67. The number of likely N-dealkylation sites (N-methyl/N-ethyl adjacent to an activating group) is 1. The van der Waals surface area contributed by atoms with Crippen LogP contribution >= 0.6 is 0 Å². The highest BCUT2D eigenvalue weighted by atomic mass is 16.6. The number of carbonyl (C=O) groups is 1. The van der Waals surface area contributed by atoms with E-state index in [0.717, 1.165) is 32.7 Å². The van der Waals surface area contributed by atoms with Gasteiger partial charge in [0, 0.05) is 50.9 Å². The highest BCUT2D eigenvalue weighted by Crippen LogP contribution is 2.30. The van der Waals surface area contributed by atoms with Gasteiger partial charge < -0.3 is 19.4 Å². The van der Waals surface area contributed by atoms with Gasteiger partial charge in [-0.3, -0.25) is 14.9 Å². The third-order valence-electron chi connectivity index (χ3n) is 4.88. The van der Waals surface area contributed by atoms with Gasteiger partial charge in [0.25, 0.3) is 11.6 Å². The first-order chi connectivity index (χ1) is 12.1. The number of anilines is 1. The van der Waals surface area contributed by atoms with E-state index in [0.29, 0.717) is 37.6 Å². The molecule has 8 heteroatoms. The molecule has 2 aliphatic heterocycles. The summed E-state index contributed by atoms with van der Waals surface area (Å²) >= 11 is 0. The number of rotatable bonds is 4.